The summed E-state index contributed by atoms with van der Waals surface area (Å²) in [5.41, 5.74) is 8.07. The zero-order valence-corrected chi connectivity index (χ0v) is 12.3. The molecule has 110 valence electrons. The third kappa shape index (κ3) is 2.58. The van der Waals surface area contributed by atoms with Crippen LogP contribution < -0.4 is 20.7 Å². The maximum absolute atomic E-state index is 12.0. The van der Waals surface area contributed by atoms with Crippen molar-refractivity contribution in [2.75, 3.05) is 25.1 Å². The lowest BCUT2D eigenvalue weighted by Gasteiger charge is -2.38. The first kappa shape index (κ1) is 14.7. The highest BCUT2D eigenvalue weighted by Gasteiger charge is 2.30. The van der Waals surface area contributed by atoms with Gasteiger partial charge in [0.1, 0.15) is 11.8 Å². The molecule has 1 aliphatic rings. The first-order chi connectivity index (χ1) is 9.60. The average Bonchev–Trinajstić information content (AvgIpc) is 2.45. The number of carbonyl (C=O) groups is 1. The topological polar surface area (TPSA) is 67.6 Å². The molecule has 3 N–H and O–H groups in total. The molecule has 1 aromatic rings. The van der Waals surface area contributed by atoms with Crippen LogP contribution in [0.5, 0.6) is 5.75 Å². The molecule has 2 rings (SSSR count). The summed E-state index contributed by atoms with van der Waals surface area (Å²) >= 11 is 0. The number of nitrogens with two attached hydrogens (primary N) is 1. The highest BCUT2D eigenvalue weighted by molar-refractivity contribution is 5.87. The summed E-state index contributed by atoms with van der Waals surface area (Å²) in [6.45, 7) is 5.41. The maximum Gasteiger partial charge on any atom is 0.242 e. The molecule has 0 radical (unpaired) electrons. The van der Waals surface area contributed by atoms with Gasteiger partial charge in [0.15, 0.2) is 0 Å². The van der Waals surface area contributed by atoms with Crippen molar-refractivity contribution < 1.29 is 9.53 Å². The van der Waals surface area contributed by atoms with E-state index in [2.05, 4.69) is 10.2 Å². The van der Waals surface area contributed by atoms with E-state index in [0.29, 0.717) is 6.54 Å². The van der Waals surface area contributed by atoms with Crippen LogP contribution in [-0.2, 0) is 4.79 Å². The number of hydrogen-bond acceptors (Lipinski definition) is 4. The van der Waals surface area contributed by atoms with Crippen molar-refractivity contribution in [1.29, 1.82) is 0 Å². The molecule has 0 aliphatic carbocycles. The van der Waals surface area contributed by atoms with Crippen LogP contribution in [0.2, 0.25) is 0 Å². The van der Waals surface area contributed by atoms with E-state index >= 15 is 0 Å². The van der Waals surface area contributed by atoms with E-state index in [1.54, 1.807) is 7.11 Å². The van der Waals surface area contributed by atoms with Gasteiger partial charge in [-0.3, -0.25) is 4.79 Å². The second-order valence-electron chi connectivity index (χ2n) is 5.09. The van der Waals surface area contributed by atoms with Gasteiger partial charge in [-0.2, -0.15) is 0 Å². The van der Waals surface area contributed by atoms with Crippen LogP contribution in [0.3, 0.4) is 0 Å². The molecular weight excluding hydrogens is 254 g/mol. The maximum atomic E-state index is 12.0. The number of anilines is 1. The molecule has 5 nitrogen and oxygen atoms in total. The number of hydrogen-bond donors (Lipinski definition) is 2. The third-order valence-corrected chi connectivity index (χ3v) is 3.75. The second-order valence-corrected chi connectivity index (χ2v) is 5.09. The molecule has 2 atom stereocenters. The summed E-state index contributed by atoms with van der Waals surface area (Å²) < 4.78 is 5.43. The Morgan fingerprint density at radius 2 is 2.30 bits per heavy atom. The predicted octanol–water partition coefficient (Wildman–Crippen LogP) is 1.43. The highest BCUT2D eigenvalue weighted by Crippen LogP contribution is 2.35. The van der Waals surface area contributed by atoms with E-state index in [-0.39, 0.29) is 18.0 Å². The van der Waals surface area contributed by atoms with Gasteiger partial charge in [-0.25, -0.2) is 0 Å². The van der Waals surface area contributed by atoms with Crippen LogP contribution in [0.15, 0.2) is 18.2 Å². The molecule has 5 heteroatoms. The van der Waals surface area contributed by atoms with Crippen LogP contribution >= 0.6 is 0 Å². The fourth-order valence-corrected chi connectivity index (χ4v) is 2.83. The van der Waals surface area contributed by atoms with Gasteiger partial charge in [-0.05, 0) is 25.5 Å². The van der Waals surface area contributed by atoms with Crippen LogP contribution in [-0.4, -0.2) is 32.1 Å². The Balaban J connectivity index is 2.47. The van der Waals surface area contributed by atoms with Gasteiger partial charge in [0.05, 0.1) is 7.11 Å². The minimum Gasteiger partial charge on any atom is -0.496 e. The molecule has 1 saturated heterocycles. The lowest BCUT2D eigenvalue weighted by molar-refractivity contribution is -0.123. The summed E-state index contributed by atoms with van der Waals surface area (Å²) in [5.74, 6) is 0.857. The number of benzene rings is 1. The minimum atomic E-state index is -0.149. The molecule has 0 aromatic heterocycles. The van der Waals surface area contributed by atoms with E-state index < -0.39 is 0 Å². The van der Waals surface area contributed by atoms with E-state index in [1.165, 1.54) is 0 Å². The fourth-order valence-electron chi connectivity index (χ4n) is 2.83. The molecule has 1 fully saturated rings. The summed E-state index contributed by atoms with van der Waals surface area (Å²) in [4.78, 5) is 14.2. The van der Waals surface area contributed by atoms with E-state index in [1.807, 2.05) is 32.0 Å². The number of piperazine rings is 1. The molecule has 2 unspecified atom stereocenters. The van der Waals surface area contributed by atoms with Gasteiger partial charge in [-0.1, -0.05) is 13.0 Å². The van der Waals surface area contributed by atoms with Crippen molar-refractivity contribution in [2.45, 2.75) is 32.4 Å². The summed E-state index contributed by atoms with van der Waals surface area (Å²) in [6, 6.07) is 5.58. The quantitative estimate of drug-likeness (QED) is 0.873. The van der Waals surface area contributed by atoms with Crippen molar-refractivity contribution in [2.24, 2.45) is 5.73 Å². The Bertz CT molecular complexity index is 488. The minimum absolute atomic E-state index is 0.0807. The molecule has 20 heavy (non-hydrogen) atoms. The number of amides is 1. The molecular formula is C15H23N3O2. The van der Waals surface area contributed by atoms with Crippen molar-refractivity contribution in [3.63, 3.8) is 0 Å². The first-order valence-electron chi connectivity index (χ1n) is 7.07. The van der Waals surface area contributed by atoms with Gasteiger partial charge in [0.25, 0.3) is 0 Å². The smallest absolute Gasteiger partial charge is 0.242 e. The Labute approximate surface area is 120 Å². The molecule has 1 aliphatic heterocycles. The Kier molecular flexibility index (Phi) is 4.49. The molecule has 0 bridgehead atoms. The lowest BCUT2D eigenvalue weighted by atomic mass is 10.0. The predicted molar refractivity (Wildman–Crippen MR) is 80.0 cm³/mol. The Hall–Kier alpha value is -1.75. The number of rotatable bonds is 4. The number of ether oxygens (including phenoxy) is 1. The molecule has 1 amide bonds. The zero-order chi connectivity index (χ0) is 14.7. The van der Waals surface area contributed by atoms with E-state index in [9.17, 15) is 4.79 Å². The summed E-state index contributed by atoms with van der Waals surface area (Å²) in [7, 11) is 1.64. The second kappa shape index (κ2) is 6.13. The van der Waals surface area contributed by atoms with Crippen LogP contribution in [0.25, 0.3) is 0 Å². The van der Waals surface area contributed by atoms with Gasteiger partial charge >= 0.3 is 0 Å². The number of methoxy groups -OCH3 is 1. The van der Waals surface area contributed by atoms with E-state index in [4.69, 9.17) is 10.5 Å². The largest absolute Gasteiger partial charge is 0.496 e. The van der Waals surface area contributed by atoms with Gasteiger partial charge in [0, 0.05) is 30.4 Å². The van der Waals surface area contributed by atoms with Crippen LogP contribution in [0.4, 0.5) is 5.69 Å². The Morgan fingerprint density at radius 1 is 1.55 bits per heavy atom. The van der Waals surface area contributed by atoms with Gasteiger partial charge in [0.2, 0.25) is 5.91 Å². The lowest BCUT2D eigenvalue weighted by Crippen LogP contribution is -2.55. The fraction of sp³-hybridized carbons (Fsp3) is 0.533. The first-order valence-corrected chi connectivity index (χ1v) is 7.07. The number of nitrogens with zero attached hydrogens (tertiary/aromatic N) is 1. The standard InChI is InChI=1S/C15H23N3O2/c1-4-11-15(19)17-8-9-18(11)12-6-5-7-13(20-3)14(12)10(2)16/h5-7,10-11H,4,8-9,16H2,1-3H3,(H,17,19). The monoisotopic (exact) mass is 277 g/mol. The van der Waals surface area contributed by atoms with E-state index in [0.717, 1.165) is 30.0 Å². The van der Waals surface area contributed by atoms with Crippen molar-refractivity contribution in [3.8, 4) is 5.75 Å². The molecule has 0 spiro atoms. The SMILES string of the molecule is CCC1C(=O)NCCN1c1cccc(OC)c1C(C)N. The summed E-state index contributed by atoms with van der Waals surface area (Å²) in [5, 5.41) is 2.92. The third-order valence-electron chi connectivity index (χ3n) is 3.75. The number of nitrogens with one attached hydrogen (secondary N) is 1. The van der Waals surface area contributed by atoms with Crippen molar-refractivity contribution in [1.82, 2.24) is 5.32 Å². The Morgan fingerprint density at radius 3 is 2.90 bits per heavy atom. The van der Waals surface area contributed by atoms with Gasteiger partial charge in [-0.15, -0.1) is 0 Å². The zero-order valence-electron chi connectivity index (χ0n) is 12.3. The average molecular weight is 277 g/mol. The van der Waals surface area contributed by atoms with Crippen molar-refractivity contribution >= 4 is 11.6 Å². The van der Waals surface area contributed by atoms with Crippen LogP contribution in [0.1, 0.15) is 31.9 Å². The molecule has 1 heterocycles. The summed E-state index contributed by atoms with van der Waals surface area (Å²) in [6.07, 6.45) is 0.765. The van der Waals surface area contributed by atoms with Crippen molar-refractivity contribution in [3.05, 3.63) is 23.8 Å². The molecule has 0 saturated carbocycles. The number of carbonyl (C=O) groups excluding carboxylic acids is 1. The molecule has 1 aromatic carbocycles. The highest BCUT2D eigenvalue weighted by atomic mass is 16.5. The van der Waals surface area contributed by atoms with Crippen LogP contribution in [0, 0.1) is 0 Å². The van der Waals surface area contributed by atoms with Gasteiger partial charge < -0.3 is 20.7 Å². The normalized spacial score (nSPS) is 20.5.